The maximum absolute atomic E-state index is 12.4. The first kappa shape index (κ1) is 14.2. The number of aromatic nitrogens is 1. The summed E-state index contributed by atoms with van der Waals surface area (Å²) in [5.74, 6) is 0. The Morgan fingerprint density at radius 3 is 2.57 bits per heavy atom. The van der Waals surface area contributed by atoms with Crippen LogP contribution in [0.15, 0.2) is 71.5 Å². The molecule has 3 aromatic rings. The van der Waals surface area contributed by atoms with Crippen molar-refractivity contribution >= 4 is 10.9 Å². The largest absolute Gasteiger partial charge is 0.304 e. The van der Waals surface area contributed by atoms with Gasteiger partial charge in [-0.3, -0.25) is 9.69 Å². The lowest BCUT2D eigenvalue weighted by atomic mass is 10.1. The van der Waals surface area contributed by atoms with E-state index in [4.69, 9.17) is 0 Å². The summed E-state index contributed by atoms with van der Waals surface area (Å²) in [6, 6.07) is 22.6. The summed E-state index contributed by atoms with van der Waals surface area (Å²) in [6.45, 7) is 2.93. The average Bonchev–Trinajstić information content (AvgIpc) is 3.03. The van der Waals surface area contributed by atoms with Crippen LogP contribution in [-0.4, -0.2) is 22.6 Å². The molecule has 1 aromatic heterocycles. The molecular formula is C20H20N2O. The Labute approximate surface area is 135 Å². The van der Waals surface area contributed by atoms with Crippen molar-refractivity contribution in [1.82, 2.24) is 9.47 Å². The van der Waals surface area contributed by atoms with Crippen LogP contribution in [0.3, 0.4) is 0 Å². The zero-order valence-electron chi connectivity index (χ0n) is 13.1. The van der Waals surface area contributed by atoms with Gasteiger partial charge >= 0.3 is 0 Å². The molecule has 2 heterocycles. The van der Waals surface area contributed by atoms with Gasteiger partial charge in [0.25, 0.3) is 5.56 Å². The maximum atomic E-state index is 12.4. The summed E-state index contributed by atoms with van der Waals surface area (Å²) in [5, 5.41) is 1.13. The molecule has 116 valence electrons. The van der Waals surface area contributed by atoms with E-state index < -0.39 is 0 Å². The van der Waals surface area contributed by atoms with Crippen molar-refractivity contribution in [2.45, 2.75) is 19.0 Å². The van der Waals surface area contributed by atoms with Crippen LogP contribution in [0.2, 0.25) is 0 Å². The van der Waals surface area contributed by atoms with Crippen LogP contribution in [0, 0.1) is 0 Å². The average molecular weight is 304 g/mol. The summed E-state index contributed by atoms with van der Waals surface area (Å²) >= 11 is 0. The Morgan fingerprint density at radius 2 is 1.70 bits per heavy atom. The normalized spacial score (nSPS) is 18.5. The lowest BCUT2D eigenvalue weighted by Crippen LogP contribution is -2.27. The molecule has 0 N–H and O–H groups in total. The third kappa shape index (κ3) is 2.80. The molecule has 4 rings (SSSR count). The van der Waals surface area contributed by atoms with Gasteiger partial charge in [0, 0.05) is 25.7 Å². The van der Waals surface area contributed by atoms with Crippen molar-refractivity contribution in [1.29, 1.82) is 0 Å². The number of fused-ring (bicyclic) bond motifs is 1. The zero-order chi connectivity index (χ0) is 15.6. The van der Waals surface area contributed by atoms with E-state index in [1.165, 1.54) is 5.56 Å². The molecule has 0 spiro atoms. The van der Waals surface area contributed by atoms with E-state index in [-0.39, 0.29) is 11.6 Å². The third-order valence-corrected chi connectivity index (χ3v) is 4.70. The highest BCUT2D eigenvalue weighted by Gasteiger charge is 2.25. The van der Waals surface area contributed by atoms with Crippen LogP contribution < -0.4 is 5.56 Å². The summed E-state index contributed by atoms with van der Waals surface area (Å²) in [7, 11) is 0. The second-order valence-corrected chi connectivity index (χ2v) is 6.26. The molecule has 1 atom stereocenters. The van der Waals surface area contributed by atoms with Crippen LogP contribution in [0.4, 0.5) is 0 Å². The number of likely N-dealkylation sites (tertiary alicyclic amines) is 1. The Morgan fingerprint density at radius 1 is 0.913 bits per heavy atom. The molecule has 1 fully saturated rings. The van der Waals surface area contributed by atoms with E-state index >= 15 is 0 Å². The summed E-state index contributed by atoms with van der Waals surface area (Å²) in [4.78, 5) is 14.9. The van der Waals surface area contributed by atoms with Gasteiger partial charge in [-0.05, 0) is 29.5 Å². The fourth-order valence-electron chi connectivity index (χ4n) is 3.59. The third-order valence-electron chi connectivity index (χ3n) is 4.70. The molecule has 1 unspecified atom stereocenters. The van der Waals surface area contributed by atoms with E-state index in [9.17, 15) is 4.79 Å². The number of benzene rings is 2. The van der Waals surface area contributed by atoms with E-state index in [0.717, 1.165) is 37.0 Å². The van der Waals surface area contributed by atoms with Crippen LogP contribution in [0.1, 0.15) is 18.0 Å². The number of hydrogen-bond donors (Lipinski definition) is 0. The second-order valence-electron chi connectivity index (χ2n) is 6.26. The molecule has 0 aliphatic carbocycles. The molecule has 0 bridgehead atoms. The Balaban J connectivity index is 1.61. The molecule has 3 nitrogen and oxygen atoms in total. The van der Waals surface area contributed by atoms with Gasteiger partial charge in [0.2, 0.25) is 0 Å². The quantitative estimate of drug-likeness (QED) is 0.740. The minimum Gasteiger partial charge on any atom is -0.304 e. The second kappa shape index (κ2) is 6.01. The monoisotopic (exact) mass is 304 g/mol. The molecule has 3 heteroatoms. The zero-order valence-corrected chi connectivity index (χ0v) is 13.1. The SMILES string of the molecule is O=c1ccc2ccccc2n1C1CCN(Cc2ccccc2)C1. The molecular weight excluding hydrogens is 284 g/mol. The van der Waals surface area contributed by atoms with E-state index in [2.05, 4.69) is 41.3 Å². The van der Waals surface area contributed by atoms with Gasteiger partial charge in [0.15, 0.2) is 0 Å². The van der Waals surface area contributed by atoms with Gasteiger partial charge < -0.3 is 4.57 Å². The molecule has 2 aromatic carbocycles. The van der Waals surface area contributed by atoms with Crippen molar-refractivity contribution in [2.24, 2.45) is 0 Å². The summed E-state index contributed by atoms with van der Waals surface area (Å²) in [5.41, 5.74) is 2.49. The predicted molar refractivity (Wildman–Crippen MR) is 93.6 cm³/mol. The van der Waals surface area contributed by atoms with Crippen molar-refractivity contribution in [2.75, 3.05) is 13.1 Å². The minimum absolute atomic E-state index is 0.107. The predicted octanol–water partition coefficient (Wildman–Crippen LogP) is 3.45. The molecule has 0 amide bonds. The van der Waals surface area contributed by atoms with Crippen molar-refractivity contribution in [3.63, 3.8) is 0 Å². The fourth-order valence-corrected chi connectivity index (χ4v) is 3.59. The van der Waals surface area contributed by atoms with Gasteiger partial charge in [-0.1, -0.05) is 48.5 Å². The highest BCUT2D eigenvalue weighted by Crippen LogP contribution is 2.25. The van der Waals surface area contributed by atoms with Gasteiger partial charge in [0.05, 0.1) is 11.6 Å². The lowest BCUT2D eigenvalue weighted by Gasteiger charge is -2.19. The fraction of sp³-hybridized carbons (Fsp3) is 0.250. The van der Waals surface area contributed by atoms with E-state index in [0.29, 0.717) is 0 Å². The standard InChI is InChI=1S/C20H20N2O/c23-20-11-10-17-8-4-5-9-19(17)22(20)18-12-13-21(15-18)14-16-6-2-1-3-7-16/h1-11,18H,12-15H2. The first-order valence-corrected chi connectivity index (χ1v) is 8.18. The van der Waals surface area contributed by atoms with Crippen molar-refractivity contribution in [3.8, 4) is 0 Å². The molecule has 0 saturated carbocycles. The maximum Gasteiger partial charge on any atom is 0.251 e. The van der Waals surface area contributed by atoms with Crippen LogP contribution in [-0.2, 0) is 6.54 Å². The number of nitrogens with zero attached hydrogens (tertiary/aromatic N) is 2. The molecule has 23 heavy (non-hydrogen) atoms. The van der Waals surface area contributed by atoms with Crippen LogP contribution in [0.5, 0.6) is 0 Å². The van der Waals surface area contributed by atoms with Crippen LogP contribution in [0.25, 0.3) is 10.9 Å². The van der Waals surface area contributed by atoms with Crippen LogP contribution >= 0.6 is 0 Å². The highest BCUT2D eigenvalue weighted by atomic mass is 16.1. The Kier molecular flexibility index (Phi) is 3.72. The smallest absolute Gasteiger partial charge is 0.251 e. The number of hydrogen-bond acceptors (Lipinski definition) is 2. The molecule has 0 radical (unpaired) electrons. The topological polar surface area (TPSA) is 25.2 Å². The van der Waals surface area contributed by atoms with Gasteiger partial charge in [-0.15, -0.1) is 0 Å². The number of para-hydroxylation sites is 1. The van der Waals surface area contributed by atoms with E-state index in [1.807, 2.05) is 28.8 Å². The number of pyridine rings is 1. The Hall–Kier alpha value is -2.39. The van der Waals surface area contributed by atoms with Gasteiger partial charge in [-0.25, -0.2) is 0 Å². The number of rotatable bonds is 3. The highest BCUT2D eigenvalue weighted by molar-refractivity contribution is 5.78. The minimum atomic E-state index is 0.107. The van der Waals surface area contributed by atoms with E-state index in [1.54, 1.807) is 6.07 Å². The molecule has 1 aliphatic heterocycles. The summed E-state index contributed by atoms with van der Waals surface area (Å²) < 4.78 is 1.99. The van der Waals surface area contributed by atoms with Crippen molar-refractivity contribution < 1.29 is 0 Å². The first-order valence-electron chi connectivity index (χ1n) is 8.18. The molecule has 1 saturated heterocycles. The van der Waals surface area contributed by atoms with Gasteiger partial charge in [-0.2, -0.15) is 0 Å². The lowest BCUT2D eigenvalue weighted by molar-refractivity contribution is 0.316. The first-order chi connectivity index (χ1) is 11.3. The van der Waals surface area contributed by atoms with Gasteiger partial charge in [0.1, 0.15) is 0 Å². The Bertz CT molecular complexity index is 869. The van der Waals surface area contributed by atoms with Crippen molar-refractivity contribution in [3.05, 3.63) is 82.6 Å². The summed E-state index contributed by atoms with van der Waals surface area (Å²) in [6.07, 6.45) is 1.03. The molecule has 1 aliphatic rings.